The second-order valence-electron chi connectivity index (χ2n) is 8.16. The summed E-state index contributed by atoms with van der Waals surface area (Å²) in [6.45, 7) is 5.38. The molecule has 190 valence electrons. The zero-order valence-corrected chi connectivity index (χ0v) is 20.6. The molecule has 0 aliphatic heterocycles. The Morgan fingerprint density at radius 3 is 2.06 bits per heavy atom. The van der Waals surface area contributed by atoms with Crippen LogP contribution >= 0.6 is 11.8 Å². The first kappa shape index (κ1) is 30.5. The van der Waals surface area contributed by atoms with Gasteiger partial charge in [-0.2, -0.15) is 11.8 Å². The predicted molar refractivity (Wildman–Crippen MR) is 129 cm³/mol. The number of rotatable bonds is 16. The van der Waals surface area contributed by atoms with Crippen LogP contribution in [0, 0.1) is 5.92 Å². The summed E-state index contributed by atoms with van der Waals surface area (Å²) in [6.07, 6.45) is 3.11. The van der Waals surface area contributed by atoms with E-state index in [0.29, 0.717) is 18.6 Å². The highest BCUT2D eigenvalue weighted by Gasteiger charge is 2.28. The second-order valence-corrected chi connectivity index (χ2v) is 9.14. The molecule has 0 bridgehead atoms. The third kappa shape index (κ3) is 13.6. The Morgan fingerprint density at radius 2 is 1.55 bits per heavy atom. The van der Waals surface area contributed by atoms with E-state index in [9.17, 15) is 24.3 Å². The van der Waals surface area contributed by atoms with Crippen LogP contribution in [0.4, 0.5) is 0 Å². The lowest BCUT2D eigenvalue weighted by Gasteiger charge is -2.24. The van der Waals surface area contributed by atoms with Crippen LogP contribution in [0.2, 0.25) is 0 Å². The number of nitrogens with zero attached hydrogens (tertiary/aromatic N) is 1. The molecule has 0 saturated heterocycles. The Morgan fingerprint density at radius 1 is 0.939 bits per heavy atom. The number of amides is 3. The van der Waals surface area contributed by atoms with Gasteiger partial charge in [-0.15, -0.1) is 0 Å². The van der Waals surface area contributed by atoms with Crippen LogP contribution in [0.25, 0.3) is 0 Å². The van der Waals surface area contributed by atoms with E-state index < -0.39 is 47.9 Å². The molecule has 0 saturated carbocycles. The lowest BCUT2D eigenvalue weighted by atomic mass is 10.0. The predicted octanol–water partition coefficient (Wildman–Crippen LogP) is -1.27. The fourth-order valence-electron chi connectivity index (χ4n) is 2.80. The highest BCUT2D eigenvalue weighted by molar-refractivity contribution is 7.98. The Labute approximate surface area is 199 Å². The second kappa shape index (κ2) is 16.1. The van der Waals surface area contributed by atoms with Gasteiger partial charge < -0.3 is 38.3 Å². The molecule has 4 atom stereocenters. The number of nitrogens with one attached hydrogen (secondary N) is 3. The molecule has 0 spiro atoms. The van der Waals surface area contributed by atoms with E-state index in [1.165, 1.54) is 6.92 Å². The van der Waals surface area contributed by atoms with Crippen LogP contribution in [-0.2, 0) is 19.2 Å². The number of guanidine groups is 1. The fraction of sp³-hybridized carbons (Fsp3) is 0.750. The summed E-state index contributed by atoms with van der Waals surface area (Å²) < 4.78 is 0. The molecule has 13 heteroatoms. The summed E-state index contributed by atoms with van der Waals surface area (Å²) in [7, 11) is 0. The number of hydrogen-bond acceptors (Lipinski definition) is 7. The number of carboxylic acids is 1. The summed E-state index contributed by atoms with van der Waals surface area (Å²) in [5.41, 5.74) is 16.4. The van der Waals surface area contributed by atoms with Crippen molar-refractivity contribution >= 4 is 41.4 Å². The minimum atomic E-state index is -1.16. The Hall–Kier alpha value is -2.54. The monoisotopic (exact) mass is 489 g/mol. The molecular formula is C20H39N7O5S. The number of aliphatic carboxylic acids is 1. The van der Waals surface area contributed by atoms with Gasteiger partial charge in [-0.1, -0.05) is 13.8 Å². The summed E-state index contributed by atoms with van der Waals surface area (Å²) in [4.78, 5) is 53.0. The van der Waals surface area contributed by atoms with Gasteiger partial charge in [0.05, 0.1) is 6.04 Å². The number of carbonyl (C=O) groups excluding carboxylic acids is 3. The molecule has 33 heavy (non-hydrogen) atoms. The Balaban J connectivity index is 5.21. The molecule has 0 rings (SSSR count). The van der Waals surface area contributed by atoms with Crippen molar-refractivity contribution in [1.82, 2.24) is 16.0 Å². The summed E-state index contributed by atoms with van der Waals surface area (Å²) in [6, 6.07) is -3.83. The standard InChI is InChI=1S/C20H39N7O5S/c1-11(2)10-15(19(31)32)27-18(30)14(6-5-8-24-20(22)23)26-16(28)12(3)25-17(29)13(21)7-9-33-4/h11-15H,5-10,21H2,1-4H3,(H,25,29)(H,26,28)(H,27,30)(H,31,32)(H4,22,23,24). The van der Waals surface area contributed by atoms with Crippen molar-refractivity contribution in [2.45, 2.75) is 70.6 Å². The molecule has 4 unspecified atom stereocenters. The van der Waals surface area contributed by atoms with E-state index in [-0.39, 0.29) is 31.3 Å². The maximum atomic E-state index is 12.8. The maximum Gasteiger partial charge on any atom is 0.326 e. The van der Waals surface area contributed by atoms with Gasteiger partial charge in [0.2, 0.25) is 17.7 Å². The molecule has 0 aliphatic rings. The van der Waals surface area contributed by atoms with Crippen molar-refractivity contribution in [2.75, 3.05) is 18.6 Å². The van der Waals surface area contributed by atoms with E-state index in [1.54, 1.807) is 11.8 Å². The number of nitrogens with two attached hydrogens (primary N) is 3. The molecule has 0 radical (unpaired) electrons. The lowest BCUT2D eigenvalue weighted by molar-refractivity contribution is -0.142. The first-order chi connectivity index (χ1) is 15.4. The van der Waals surface area contributed by atoms with Crippen molar-refractivity contribution in [3.63, 3.8) is 0 Å². The normalized spacial score (nSPS) is 14.5. The number of hydrogen-bond donors (Lipinski definition) is 7. The third-order valence-corrected chi connectivity index (χ3v) is 5.27. The lowest BCUT2D eigenvalue weighted by Crippen LogP contribution is -2.56. The van der Waals surface area contributed by atoms with Gasteiger partial charge in [-0.3, -0.25) is 19.4 Å². The quantitative estimate of drug-likeness (QED) is 0.0779. The molecule has 3 amide bonds. The molecule has 0 aromatic heterocycles. The molecule has 0 heterocycles. The largest absolute Gasteiger partial charge is 0.480 e. The Bertz CT molecular complexity index is 686. The van der Waals surface area contributed by atoms with Crippen LogP contribution in [0.1, 0.15) is 46.5 Å². The third-order valence-electron chi connectivity index (χ3n) is 4.62. The molecule has 0 aromatic rings. The average molecular weight is 490 g/mol. The van der Waals surface area contributed by atoms with E-state index in [2.05, 4.69) is 20.9 Å². The first-order valence-electron chi connectivity index (χ1n) is 10.8. The minimum Gasteiger partial charge on any atom is -0.480 e. The van der Waals surface area contributed by atoms with Crippen molar-refractivity contribution in [2.24, 2.45) is 28.1 Å². The van der Waals surface area contributed by atoms with Gasteiger partial charge in [-0.05, 0) is 50.5 Å². The smallest absolute Gasteiger partial charge is 0.326 e. The van der Waals surface area contributed by atoms with Crippen LogP contribution in [0.5, 0.6) is 0 Å². The van der Waals surface area contributed by atoms with Gasteiger partial charge in [0.15, 0.2) is 5.96 Å². The summed E-state index contributed by atoms with van der Waals surface area (Å²) >= 11 is 1.56. The Kier molecular flexibility index (Phi) is 14.9. The van der Waals surface area contributed by atoms with Crippen LogP contribution in [0.15, 0.2) is 4.99 Å². The van der Waals surface area contributed by atoms with Crippen LogP contribution in [-0.4, -0.2) is 77.5 Å². The zero-order chi connectivity index (χ0) is 25.6. The topological polar surface area (TPSA) is 215 Å². The van der Waals surface area contributed by atoms with Gasteiger partial charge in [0.25, 0.3) is 0 Å². The number of aliphatic imine (C=N–C) groups is 1. The molecule has 0 fully saturated rings. The SMILES string of the molecule is CSCCC(N)C(=O)NC(C)C(=O)NC(CCCN=C(N)N)C(=O)NC(CC(C)C)C(=O)O. The van der Waals surface area contributed by atoms with E-state index in [0.717, 1.165) is 0 Å². The molecule has 0 aromatic carbocycles. The number of thioether (sulfide) groups is 1. The molecule has 10 N–H and O–H groups in total. The summed E-state index contributed by atoms with van der Waals surface area (Å²) in [5, 5.41) is 17.0. The van der Waals surface area contributed by atoms with E-state index >= 15 is 0 Å². The highest BCUT2D eigenvalue weighted by atomic mass is 32.2. The average Bonchev–Trinajstić information content (AvgIpc) is 2.72. The van der Waals surface area contributed by atoms with Crippen molar-refractivity contribution in [3.05, 3.63) is 0 Å². The van der Waals surface area contributed by atoms with Gasteiger partial charge in [0, 0.05) is 6.54 Å². The first-order valence-corrected chi connectivity index (χ1v) is 12.2. The molecule has 12 nitrogen and oxygen atoms in total. The van der Waals surface area contributed by atoms with Crippen molar-refractivity contribution in [3.8, 4) is 0 Å². The van der Waals surface area contributed by atoms with Crippen LogP contribution in [0.3, 0.4) is 0 Å². The minimum absolute atomic E-state index is 0.0341. The molecule has 0 aliphatic carbocycles. The van der Waals surface area contributed by atoms with Gasteiger partial charge >= 0.3 is 5.97 Å². The van der Waals surface area contributed by atoms with Gasteiger partial charge in [0.1, 0.15) is 18.1 Å². The number of carboxylic acid groups (broad SMARTS) is 1. The van der Waals surface area contributed by atoms with Gasteiger partial charge in [-0.25, -0.2) is 4.79 Å². The zero-order valence-electron chi connectivity index (χ0n) is 19.8. The van der Waals surface area contributed by atoms with Crippen molar-refractivity contribution in [1.29, 1.82) is 0 Å². The number of carbonyl (C=O) groups is 4. The van der Waals surface area contributed by atoms with Crippen LogP contribution < -0.4 is 33.2 Å². The maximum absolute atomic E-state index is 12.8. The highest BCUT2D eigenvalue weighted by Crippen LogP contribution is 2.07. The van der Waals surface area contributed by atoms with Crippen molar-refractivity contribution < 1.29 is 24.3 Å². The molecular weight excluding hydrogens is 450 g/mol. The fourth-order valence-corrected chi connectivity index (χ4v) is 3.29. The van der Waals surface area contributed by atoms with E-state index in [1.807, 2.05) is 20.1 Å². The van der Waals surface area contributed by atoms with E-state index in [4.69, 9.17) is 17.2 Å². The summed E-state index contributed by atoms with van der Waals surface area (Å²) in [5.74, 6) is -2.24.